The Hall–Kier alpha value is -2.76. The van der Waals surface area contributed by atoms with Gasteiger partial charge in [0.15, 0.2) is 0 Å². The van der Waals surface area contributed by atoms with Gasteiger partial charge in [0.1, 0.15) is 17.4 Å². The minimum absolute atomic E-state index is 0.0462. The third kappa shape index (κ3) is 4.88. The van der Waals surface area contributed by atoms with Crippen molar-refractivity contribution < 1.29 is 18.3 Å². The maximum absolute atomic E-state index is 13.4. The molecule has 0 aromatic heterocycles. The fourth-order valence-corrected chi connectivity index (χ4v) is 1.79. The summed E-state index contributed by atoms with van der Waals surface area (Å²) in [4.78, 5) is 11.9. The van der Waals surface area contributed by atoms with Gasteiger partial charge >= 0.3 is 0 Å². The van der Waals surface area contributed by atoms with Crippen LogP contribution in [0.2, 0.25) is 0 Å². The van der Waals surface area contributed by atoms with Gasteiger partial charge in [-0.25, -0.2) is 14.2 Å². The molecule has 1 amide bonds. The van der Waals surface area contributed by atoms with E-state index in [2.05, 4.69) is 10.5 Å². The molecule has 0 atom stereocenters. The lowest BCUT2D eigenvalue weighted by Crippen LogP contribution is -2.17. The van der Waals surface area contributed by atoms with Crippen molar-refractivity contribution in [1.82, 2.24) is 5.43 Å². The molecule has 120 valence electrons. The van der Waals surface area contributed by atoms with Gasteiger partial charge in [-0.05, 0) is 50.2 Å². The van der Waals surface area contributed by atoms with E-state index in [0.29, 0.717) is 11.3 Å². The first-order valence-corrected chi connectivity index (χ1v) is 7.01. The van der Waals surface area contributed by atoms with Gasteiger partial charge in [0.05, 0.1) is 12.3 Å². The van der Waals surface area contributed by atoms with Crippen LogP contribution >= 0.6 is 0 Å². The molecule has 0 heterocycles. The molecule has 4 nitrogen and oxygen atoms in total. The molecule has 0 aliphatic carbocycles. The summed E-state index contributed by atoms with van der Waals surface area (Å²) in [7, 11) is 0. The molecular formula is C17H16F2N2O2. The normalized spacial score (nSPS) is 11.0. The second-order valence-electron chi connectivity index (χ2n) is 5.06. The van der Waals surface area contributed by atoms with E-state index in [1.54, 1.807) is 24.3 Å². The maximum atomic E-state index is 13.4. The van der Waals surface area contributed by atoms with Crippen molar-refractivity contribution in [3.63, 3.8) is 0 Å². The van der Waals surface area contributed by atoms with Gasteiger partial charge in [-0.1, -0.05) is 0 Å². The monoisotopic (exact) mass is 318 g/mol. The van der Waals surface area contributed by atoms with E-state index >= 15 is 0 Å². The Morgan fingerprint density at radius 1 is 1.17 bits per heavy atom. The topological polar surface area (TPSA) is 50.7 Å². The number of carbonyl (C=O) groups is 1. The van der Waals surface area contributed by atoms with Crippen LogP contribution in [0, 0.1) is 11.6 Å². The molecule has 0 unspecified atom stereocenters. The number of amides is 1. The Morgan fingerprint density at radius 2 is 1.87 bits per heavy atom. The number of carbonyl (C=O) groups excluding carboxylic acids is 1. The molecule has 0 saturated heterocycles. The predicted molar refractivity (Wildman–Crippen MR) is 83.6 cm³/mol. The van der Waals surface area contributed by atoms with Crippen LogP contribution in [0.4, 0.5) is 8.78 Å². The molecule has 0 aliphatic rings. The predicted octanol–water partition coefficient (Wildman–Crippen LogP) is 3.52. The highest BCUT2D eigenvalue weighted by Gasteiger charge is 2.06. The smallest absolute Gasteiger partial charge is 0.271 e. The van der Waals surface area contributed by atoms with Crippen molar-refractivity contribution in [3.05, 3.63) is 65.2 Å². The average Bonchev–Trinajstić information content (AvgIpc) is 2.49. The van der Waals surface area contributed by atoms with Gasteiger partial charge in [-0.3, -0.25) is 4.79 Å². The van der Waals surface area contributed by atoms with Crippen molar-refractivity contribution in [1.29, 1.82) is 0 Å². The molecule has 1 N–H and O–H groups in total. The van der Waals surface area contributed by atoms with Crippen LogP contribution in [-0.2, 0) is 0 Å². The molecule has 0 aliphatic heterocycles. The number of halogens is 2. The summed E-state index contributed by atoms with van der Waals surface area (Å²) in [6, 6.07) is 9.65. The van der Waals surface area contributed by atoms with Crippen LogP contribution in [-0.4, -0.2) is 18.2 Å². The minimum atomic E-state index is -0.752. The molecule has 0 saturated carbocycles. The molecule has 2 aromatic rings. The van der Waals surface area contributed by atoms with Gasteiger partial charge in [-0.15, -0.1) is 0 Å². The summed E-state index contributed by atoms with van der Waals surface area (Å²) in [5, 5.41) is 3.66. The zero-order valence-electron chi connectivity index (χ0n) is 12.7. The summed E-state index contributed by atoms with van der Waals surface area (Å²) in [6.07, 6.45) is 1.16. The van der Waals surface area contributed by atoms with Crippen molar-refractivity contribution in [3.8, 4) is 5.75 Å². The number of ether oxygens (including phenoxy) is 1. The fourth-order valence-electron chi connectivity index (χ4n) is 1.79. The molecule has 0 radical (unpaired) electrons. The van der Waals surface area contributed by atoms with E-state index in [1.165, 1.54) is 6.07 Å². The molecule has 2 rings (SSSR count). The van der Waals surface area contributed by atoms with Gasteiger partial charge < -0.3 is 4.74 Å². The van der Waals surface area contributed by atoms with Gasteiger partial charge in [-0.2, -0.15) is 5.10 Å². The van der Waals surface area contributed by atoms with Gasteiger partial charge in [0.2, 0.25) is 0 Å². The summed E-state index contributed by atoms with van der Waals surface area (Å²) < 4.78 is 31.6. The molecule has 2 aromatic carbocycles. The van der Waals surface area contributed by atoms with E-state index in [9.17, 15) is 13.6 Å². The van der Waals surface area contributed by atoms with Crippen LogP contribution < -0.4 is 10.2 Å². The minimum Gasteiger partial charge on any atom is -0.491 e. The SMILES string of the molecule is CC(C)Oc1ccc(C(=O)N/N=C\c2ccc(F)cc2F)cc1. The zero-order chi connectivity index (χ0) is 16.8. The van der Waals surface area contributed by atoms with Crippen molar-refractivity contribution in [2.75, 3.05) is 0 Å². The van der Waals surface area contributed by atoms with Crippen LogP contribution in [0.3, 0.4) is 0 Å². The second kappa shape index (κ2) is 7.49. The van der Waals surface area contributed by atoms with Crippen LogP contribution in [0.15, 0.2) is 47.6 Å². The largest absolute Gasteiger partial charge is 0.491 e. The number of benzene rings is 2. The Bertz CT molecular complexity index is 713. The lowest BCUT2D eigenvalue weighted by atomic mass is 10.2. The van der Waals surface area contributed by atoms with Crippen molar-refractivity contribution >= 4 is 12.1 Å². The summed E-state index contributed by atoms with van der Waals surface area (Å²) >= 11 is 0. The summed E-state index contributed by atoms with van der Waals surface area (Å²) in [5.74, 6) is -1.21. The summed E-state index contributed by atoms with van der Waals surface area (Å²) in [6.45, 7) is 3.81. The highest BCUT2D eigenvalue weighted by molar-refractivity contribution is 5.95. The lowest BCUT2D eigenvalue weighted by molar-refractivity contribution is 0.0955. The Labute approximate surface area is 132 Å². The highest BCUT2D eigenvalue weighted by atomic mass is 19.1. The number of hydrazone groups is 1. The van der Waals surface area contributed by atoms with Crippen LogP contribution in [0.1, 0.15) is 29.8 Å². The Kier molecular flexibility index (Phi) is 5.41. The zero-order valence-corrected chi connectivity index (χ0v) is 12.7. The Balaban J connectivity index is 1.97. The van der Waals surface area contributed by atoms with E-state index in [-0.39, 0.29) is 11.7 Å². The Morgan fingerprint density at radius 3 is 2.48 bits per heavy atom. The van der Waals surface area contributed by atoms with E-state index in [0.717, 1.165) is 18.3 Å². The van der Waals surface area contributed by atoms with Gasteiger partial charge in [0, 0.05) is 17.2 Å². The first-order valence-electron chi connectivity index (χ1n) is 7.01. The quantitative estimate of drug-likeness (QED) is 0.677. The van der Waals surface area contributed by atoms with E-state index in [4.69, 9.17) is 4.74 Å². The molecule has 0 fully saturated rings. The molecule has 0 spiro atoms. The third-order valence-electron chi connectivity index (χ3n) is 2.82. The molecule has 23 heavy (non-hydrogen) atoms. The first-order chi connectivity index (χ1) is 11.0. The standard InChI is InChI=1S/C17H16F2N2O2/c1-11(2)23-15-7-4-12(5-8-15)17(22)21-20-10-13-3-6-14(18)9-16(13)19/h3-11H,1-2H3,(H,21,22)/b20-10-. The highest BCUT2D eigenvalue weighted by Crippen LogP contribution is 2.13. The molecule has 0 bridgehead atoms. The second-order valence-corrected chi connectivity index (χ2v) is 5.06. The summed E-state index contributed by atoms with van der Waals surface area (Å²) in [5.41, 5.74) is 2.74. The third-order valence-corrected chi connectivity index (χ3v) is 2.82. The first kappa shape index (κ1) is 16.6. The number of rotatable bonds is 5. The lowest BCUT2D eigenvalue weighted by Gasteiger charge is -2.09. The van der Waals surface area contributed by atoms with E-state index < -0.39 is 17.5 Å². The number of hydrogen-bond acceptors (Lipinski definition) is 3. The van der Waals surface area contributed by atoms with E-state index in [1.807, 2.05) is 13.8 Å². The van der Waals surface area contributed by atoms with Crippen molar-refractivity contribution in [2.45, 2.75) is 20.0 Å². The maximum Gasteiger partial charge on any atom is 0.271 e. The van der Waals surface area contributed by atoms with Crippen LogP contribution in [0.25, 0.3) is 0 Å². The van der Waals surface area contributed by atoms with Crippen LogP contribution in [0.5, 0.6) is 5.75 Å². The van der Waals surface area contributed by atoms with Gasteiger partial charge in [0.25, 0.3) is 5.91 Å². The number of nitrogens with zero attached hydrogens (tertiary/aromatic N) is 1. The number of hydrogen-bond donors (Lipinski definition) is 1. The molecular weight excluding hydrogens is 302 g/mol. The average molecular weight is 318 g/mol. The molecule has 6 heteroatoms. The fraction of sp³-hybridized carbons (Fsp3) is 0.176. The number of nitrogens with one attached hydrogen (secondary N) is 1. The van der Waals surface area contributed by atoms with Crippen molar-refractivity contribution in [2.24, 2.45) is 5.10 Å².